The van der Waals surface area contributed by atoms with E-state index in [1.54, 1.807) is 11.3 Å². The Hall–Kier alpha value is -0.720. The van der Waals surface area contributed by atoms with Crippen molar-refractivity contribution in [2.45, 2.75) is 72.3 Å². The molecule has 0 aromatic carbocycles. The van der Waals surface area contributed by atoms with E-state index in [2.05, 4.69) is 51.7 Å². The van der Waals surface area contributed by atoms with Gasteiger partial charge in [-0.2, -0.15) is 0 Å². The first kappa shape index (κ1) is 14.7. The fourth-order valence-corrected chi connectivity index (χ4v) is 4.07. The zero-order chi connectivity index (χ0) is 14.0. The monoisotopic (exact) mass is 261 g/mol. The average Bonchev–Trinajstić information content (AvgIpc) is 2.37. The third kappa shape index (κ3) is 2.75. The van der Waals surface area contributed by atoms with Crippen LogP contribution in [0.1, 0.15) is 66.7 Å². The van der Waals surface area contributed by atoms with Crippen LogP contribution in [0.4, 0.5) is 0 Å². The number of piperidine rings is 1. The van der Waals surface area contributed by atoms with Crippen LogP contribution < -0.4 is 0 Å². The smallest absolute Gasteiger partial charge is 0.0346 e. The van der Waals surface area contributed by atoms with E-state index in [-0.39, 0.29) is 0 Å². The van der Waals surface area contributed by atoms with E-state index in [0.29, 0.717) is 5.54 Å². The van der Waals surface area contributed by atoms with Crippen molar-refractivity contribution in [2.24, 2.45) is 11.8 Å². The van der Waals surface area contributed by atoms with Gasteiger partial charge < -0.3 is 4.90 Å². The van der Waals surface area contributed by atoms with Crippen LogP contribution in [-0.4, -0.2) is 17.0 Å². The highest BCUT2D eigenvalue weighted by Gasteiger charge is 2.42. The first-order valence-corrected chi connectivity index (χ1v) is 8.18. The van der Waals surface area contributed by atoms with Crippen LogP contribution in [0.3, 0.4) is 0 Å². The first-order valence-electron chi connectivity index (χ1n) is 8.18. The highest BCUT2D eigenvalue weighted by atomic mass is 15.2. The van der Waals surface area contributed by atoms with Crippen molar-refractivity contribution >= 4 is 0 Å². The van der Waals surface area contributed by atoms with Crippen LogP contribution in [0, 0.1) is 11.8 Å². The van der Waals surface area contributed by atoms with Crippen molar-refractivity contribution in [3.63, 3.8) is 0 Å². The molecule has 1 heteroatoms. The third-order valence-corrected chi connectivity index (χ3v) is 5.04. The van der Waals surface area contributed by atoms with Crippen molar-refractivity contribution < 1.29 is 0 Å². The number of unbranched alkanes of at least 4 members (excludes halogenated alkanes) is 1. The van der Waals surface area contributed by atoms with Gasteiger partial charge in [0.15, 0.2) is 0 Å². The third-order valence-electron chi connectivity index (χ3n) is 5.04. The van der Waals surface area contributed by atoms with Gasteiger partial charge in [0.2, 0.25) is 0 Å². The molecule has 0 N–H and O–H groups in total. The van der Waals surface area contributed by atoms with Gasteiger partial charge in [0.1, 0.15) is 0 Å². The van der Waals surface area contributed by atoms with Gasteiger partial charge in [0.05, 0.1) is 0 Å². The lowest BCUT2D eigenvalue weighted by Gasteiger charge is -2.53. The molecule has 2 aliphatic rings. The summed E-state index contributed by atoms with van der Waals surface area (Å²) < 4.78 is 0. The van der Waals surface area contributed by atoms with Gasteiger partial charge in [-0.1, -0.05) is 39.3 Å². The maximum Gasteiger partial charge on any atom is 0.0346 e. The quantitative estimate of drug-likeness (QED) is 0.676. The summed E-state index contributed by atoms with van der Waals surface area (Å²) in [5.41, 5.74) is 3.60. The molecule has 1 fully saturated rings. The van der Waals surface area contributed by atoms with Gasteiger partial charge in [-0.15, -0.1) is 0 Å². The molecule has 2 unspecified atom stereocenters. The molecule has 0 aromatic heterocycles. The molecule has 1 heterocycles. The van der Waals surface area contributed by atoms with Gasteiger partial charge in [-0.3, -0.25) is 0 Å². The van der Waals surface area contributed by atoms with Crippen LogP contribution in [0.25, 0.3) is 0 Å². The molecular weight excluding hydrogens is 230 g/mol. The van der Waals surface area contributed by atoms with Crippen LogP contribution in [-0.2, 0) is 0 Å². The Balaban J connectivity index is 2.39. The van der Waals surface area contributed by atoms with Crippen LogP contribution >= 0.6 is 0 Å². The van der Waals surface area contributed by atoms with Crippen LogP contribution in [0.5, 0.6) is 0 Å². The summed E-state index contributed by atoms with van der Waals surface area (Å²) in [6, 6.07) is 0. The SMILES string of the molecule is CCCCN1C2=C(CC)C=CCC2C(C)CC1(C)C. The topological polar surface area (TPSA) is 3.24 Å². The molecule has 0 saturated carbocycles. The van der Waals surface area contributed by atoms with Crippen molar-refractivity contribution in [2.75, 3.05) is 6.54 Å². The Morgan fingerprint density at radius 3 is 2.68 bits per heavy atom. The van der Waals surface area contributed by atoms with Gasteiger partial charge in [-0.25, -0.2) is 0 Å². The molecule has 108 valence electrons. The molecule has 2 rings (SSSR count). The van der Waals surface area contributed by atoms with E-state index in [1.807, 2.05) is 0 Å². The molecule has 1 saturated heterocycles. The number of hydrogen-bond donors (Lipinski definition) is 0. The summed E-state index contributed by atoms with van der Waals surface area (Å²) in [7, 11) is 0. The summed E-state index contributed by atoms with van der Waals surface area (Å²) in [5.74, 6) is 1.58. The van der Waals surface area contributed by atoms with Crippen molar-refractivity contribution in [1.29, 1.82) is 0 Å². The predicted octanol–water partition coefficient (Wildman–Crippen LogP) is 5.15. The number of nitrogens with zero attached hydrogens (tertiary/aromatic N) is 1. The second kappa shape index (κ2) is 5.73. The number of rotatable bonds is 4. The maximum atomic E-state index is 2.75. The molecule has 1 aliphatic heterocycles. The van der Waals surface area contributed by atoms with E-state index < -0.39 is 0 Å². The normalized spacial score (nSPS) is 29.6. The molecule has 0 amide bonds. The number of fused-ring (bicyclic) bond motifs is 1. The van der Waals surface area contributed by atoms with Gasteiger partial charge in [0.25, 0.3) is 0 Å². The number of allylic oxidation sites excluding steroid dienone is 4. The molecule has 0 radical (unpaired) electrons. The summed E-state index contributed by atoms with van der Waals surface area (Å²) >= 11 is 0. The van der Waals surface area contributed by atoms with Gasteiger partial charge >= 0.3 is 0 Å². The highest BCUT2D eigenvalue weighted by Crippen LogP contribution is 2.46. The second-order valence-corrected chi connectivity index (χ2v) is 7.01. The standard InChI is InChI=1S/C18H31N/c1-6-8-12-19-17-15(7-2)10-9-11-16(17)14(3)13-18(19,4)5/h9-10,14,16H,6-8,11-13H2,1-5H3. The van der Waals surface area contributed by atoms with Gasteiger partial charge in [-0.05, 0) is 51.0 Å². The molecular formula is C18H31N. The van der Waals surface area contributed by atoms with E-state index >= 15 is 0 Å². The summed E-state index contributed by atoms with van der Waals surface area (Å²) in [5, 5.41) is 0. The molecule has 1 aliphatic carbocycles. The molecule has 19 heavy (non-hydrogen) atoms. The maximum absolute atomic E-state index is 2.75. The summed E-state index contributed by atoms with van der Waals surface area (Å²) in [4.78, 5) is 2.75. The zero-order valence-electron chi connectivity index (χ0n) is 13.5. The molecule has 0 bridgehead atoms. The second-order valence-electron chi connectivity index (χ2n) is 7.01. The first-order chi connectivity index (χ1) is 9.01. The number of hydrogen-bond acceptors (Lipinski definition) is 1. The Morgan fingerprint density at radius 1 is 1.32 bits per heavy atom. The highest BCUT2D eigenvalue weighted by molar-refractivity contribution is 5.33. The van der Waals surface area contributed by atoms with Crippen molar-refractivity contribution in [1.82, 2.24) is 4.90 Å². The largest absolute Gasteiger partial charge is 0.369 e. The zero-order valence-corrected chi connectivity index (χ0v) is 13.5. The lowest BCUT2D eigenvalue weighted by atomic mass is 9.71. The Morgan fingerprint density at radius 2 is 2.05 bits per heavy atom. The molecule has 2 atom stereocenters. The van der Waals surface area contributed by atoms with Crippen molar-refractivity contribution in [3.8, 4) is 0 Å². The summed E-state index contributed by atoms with van der Waals surface area (Å²) in [6.07, 6.45) is 11.1. The summed E-state index contributed by atoms with van der Waals surface area (Å²) in [6.45, 7) is 13.2. The average molecular weight is 261 g/mol. The minimum Gasteiger partial charge on any atom is -0.369 e. The van der Waals surface area contributed by atoms with Crippen LogP contribution in [0.2, 0.25) is 0 Å². The lowest BCUT2D eigenvalue weighted by Crippen LogP contribution is -2.52. The Bertz CT molecular complexity index is 375. The predicted molar refractivity (Wildman–Crippen MR) is 84.0 cm³/mol. The Kier molecular flexibility index (Phi) is 4.43. The lowest BCUT2D eigenvalue weighted by molar-refractivity contribution is 0.0562. The van der Waals surface area contributed by atoms with E-state index in [1.165, 1.54) is 38.6 Å². The van der Waals surface area contributed by atoms with Crippen molar-refractivity contribution in [3.05, 3.63) is 23.4 Å². The fourth-order valence-electron chi connectivity index (χ4n) is 4.07. The van der Waals surface area contributed by atoms with Crippen LogP contribution in [0.15, 0.2) is 23.4 Å². The van der Waals surface area contributed by atoms with E-state index in [4.69, 9.17) is 0 Å². The molecule has 0 spiro atoms. The molecule has 0 aromatic rings. The molecule has 1 nitrogen and oxygen atoms in total. The van der Waals surface area contributed by atoms with E-state index in [0.717, 1.165) is 11.8 Å². The minimum atomic E-state index is 0.325. The van der Waals surface area contributed by atoms with Gasteiger partial charge in [0, 0.05) is 23.7 Å². The fraction of sp³-hybridized carbons (Fsp3) is 0.778. The minimum absolute atomic E-state index is 0.325. The Labute approximate surface area is 119 Å². The number of likely N-dealkylation sites (tertiary alicyclic amines) is 1. The van der Waals surface area contributed by atoms with E-state index in [9.17, 15) is 0 Å².